The third-order valence-corrected chi connectivity index (χ3v) is 5.66. The van der Waals surface area contributed by atoms with E-state index in [4.69, 9.17) is 0 Å². The van der Waals surface area contributed by atoms with Crippen LogP contribution in [0.15, 0.2) is 0 Å². The first-order chi connectivity index (χ1) is 10.1. The smallest absolute Gasteiger partial charge is 0.248 e. The van der Waals surface area contributed by atoms with E-state index in [0.29, 0.717) is 23.9 Å². The van der Waals surface area contributed by atoms with Crippen molar-refractivity contribution in [1.82, 2.24) is 14.7 Å². The first-order valence-electron chi connectivity index (χ1n) is 8.39. The summed E-state index contributed by atoms with van der Waals surface area (Å²) in [7, 11) is 4.29. The summed E-state index contributed by atoms with van der Waals surface area (Å²) in [6, 6.07) is 1.21. The average molecular weight is 295 g/mol. The van der Waals surface area contributed by atoms with E-state index in [-0.39, 0.29) is 12.5 Å². The molecule has 3 saturated heterocycles. The number of carbonyl (C=O) groups is 1. The summed E-state index contributed by atoms with van der Waals surface area (Å²) >= 11 is 0. The molecular formula is C16H29N3O2. The van der Waals surface area contributed by atoms with Crippen LogP contribution in [0.2, 0.25) is 0 Å². The van der Waals surface area contributed by atoms with Crippen molar-refractivity contribution in [1.29, 1.82) is 0 Å². The normalized spacial score (nSPS) is 36.7. The van der Waals surface area contributed by atoms with Gasteiger partial charge in [-0.1, -0.05) is 6.42 Å². The number of hydrogen-bond acceptors (Lipinski definition) is 4. The lowest BCUT2D eigenvalue weighted by Gasteiger charge is -2.57. The van der Waals surface area contributed by atoms with Crippen molar-refractivity contribution >= 4 is 5.91 Å². The maximum Gasteiger partial charge on any atom is 0.248 e. The van der Waals surface area contributed by atoms with E-state index in [1.807, 2.05) is 4.90 Å². The molecule has 3 fully saturated rings. The highest BCUT2D eigenvalue weighted by Crippen LogP contribution is 2.41. The minimum absolute atomic E-state index is 0.0856. The molecule has 3 heterocycles. The van der Waals surface area contributed by atoms with Gasteiger partial charge in [0.05, 0.1) is 0 Å². The fourth-order valence-electron chi connectivity index (χ4n) is 4.84. The molecule has 1 amide bonds. The summed E-state index contributed by atoms with van der Waals surface area (Å²) in [6.07, 6.45) is 5.18. The van der Waals surface area contributed by atoms with Crippen molar-refractivity contribution in [3.05, 3.63) is 0 Å². The Balaban J connectivity index is 1.81. The largest absolute Gasteiger partial charge is 0.387 e. The predicted octanol–water partition coefficient (Wildman–Crippen LogP) is 0.242. The van der Waals surface area contributed by atoms with Crippen LogP contribution < -0.4 is 0 Å². The molecule has 3 aliphatic rings. The van der Waals surface area contributed by atoms with E-state index in [0.717, 1.165) is 19.6 Å². The summed E-state index contributed by atoms with van der Waals surface area (Å²) in [5.41, 5.74) is 0. The lowest BCUT2D eigenvalue weighted by molar-refractivity contribution is -0.144. The van der Waals surface area contributed by atoms with Crippen molar-refractivity contribution in [3.8, 4) is 0 Å². The van der Waals surface area contributed by atoms with Gasteiger partial charge in [-0.3, -0.25) is 9.69 Å². The van der Waals surface area contributed by atoms with Gasteiger partial charge in [0.25, 0.3) is 0 Å². The fraction of sp³-hybridized carbons (Fsp3) is 0.938. The minimum Gasteiger partial charge on any atom is -0.387 e. The molecule has 3 aliphatic heterocycles. The monoisotopic (exact) mass is 295 g/mol. The molecule has 5 nitrogen and oxygen atoms in total. The van der Waals surface area contributed by atoms with Crippen molar-refractivity contribution < 1.29 is 9.90 Å². The highest BCUT2D eigenvalue weighted by molar-refractivity contribution is 5.77. The Morgan fingerprint density at radius 2 is 2.00 bits per heavy atom. The lowest BCUT2D eigenvalue weighted by Crippen LogP contribution is -2.66. The first kappa shape index (κ1) is 15.3. The lowest BCUT2D eigenvalue weighted by atomic mass is 9.72. The van der Waals surface area contributed by atoms with Crippen LogP contribution in [-0.4, -0.2) is 84.7 Å². The Labute approximate surface area is 127 Å². The SMILES string of the molecule is CN(C)C[C@H]1[C@H]2C[C@H](CN(C(=O)CO)C2)[C@@H]2CCCCN21. The number of likely N-dealkylation sites (N-methyl/N-ethyl adjacent to an activating group) is 1. The maximum atomic E-state index is 11.9. The zero-order valence-corrected chi connectivity index (χ0v) is 13.4. The Morgan fingerprint density at radius 3 is 2.71 bits per heavy atom. The van der Waals surface area contributed by atoms with E-state index < -0.39 is 0 Å². The zero-order chi connectivity index (χ0) is 15.0. The molecule has 5 heteroatoms. The van der Waals surface area contributed by atoms with Gasteiger partial charge in [-0.25, -0.2) is 0 Å². The molecule has 2 bridgehead atoms. The predicted molar refractivity (Wildman–Crippen MR) is 81.9 cm³/mol. The number of likely N-dealkylation sites (tertiary alicyclic amines) is 1. The Hall–Kier alpha value is -0.650. The van der Waals surface area contributed by atoms with Crippen LogP contribution in [0, 0.1) is 11.8 Å². The van der Waals surface area contributed by atoms with E-state index in [2.05, 4.69) is 23.9 Å². The number of piperidine rings is 3. The maximum absolute atomic E-state index is 11.9. The van der Waals surface area contributed by atoms with E-state index in [9.17, 15) is 9.90 Å². The van der Waals surface area contributed by atoms with Gasteiger partial charge in [-0.15, -0.1) is 0 Å². The van der Waals surface area contributed by atoms with Crippen molar-refractivity contribution in [2.45, 2.75) is 37.8 Å². The van der Waals surface area contributed by atoms with E-state index in [1.54, 1.807) is 0 Å². The number of nitrogens with zero attached hydrogens (tertiary/aromatic N) is 3. The molecule has 0 unspecified atom stereocenters. The molecule has 0 aromatic heterocycles. The third kappa shape index (κ3) is 2.96. The van der Waals surface area contributed by atoms with Gasteiger partial charge >= 0.3 is 0 Å². The number of carbonyl (C=O) groups excluding carboxylic acids is 1. The second-order valence-corrected chi connectivity index (χ2v) is 7.34. The molecule has 21 heavy (non-hydrogen) atoms. The van der Waals surface area contributed by atoms with E-state index >= 15 is 0 Å². The van der Waals surface area contributed by atoms with Gasteiger partial charge in [0, 0.05) is 31.7 Å². The molecule has 0 aliphatic carbocycles. The Kier molecular flexibility index (Phi) is 4.52. The second kappa shape index (κ2) is 6.23. The van der Waals surface area contributed by atoms with Crippen LogP contribution in [0.1, 0.15) is 25.7 Å². The molecule has 0 saturated carbocycles. The summed E-state index contributed by atoms with van der Waals surface area (Å²) in [5.74, 6) is 1.09. The topological polar surface area (TPSA) is 47.0 Å². The van der Waals surface area contributed by atoms with Crippen LogP contribution in [0.5, 0.6) is 0 Å². The molecule has 1 N–H and O–H groups in total. The van der Waals surface area contributed by atoms with Crippen LogP contribution in [0.3, 0.4) is 0 Å². The summed E-state index contributed by atoms with van der Waals surface area (Å²) in [4.78, 5) is 18.9. The van der Waals surface area contributed by atoms with Gasteiger partial charge < -0.3 is 14.9 Å². The van der Waals surface area contributed by atoms with Crippen molar-refractivity contribution in [2.75, 3.05) is 46.9 Å². The van der Waals surface area contributed by atoms with Gasteiger partial charge in [-0.05, 0) is 51.7 Å². The van der Waals surface area contributed by atoms with Crippen LogP contribution in [0.4, 0.5) is 0 Å². The first-order valence-corrected chi connectivity index (χ1v) is 8.39. The molecule has 120 valence electrons. The highest BCUT2D eigenvalue weighted by Gasteiger charge is 2.47. The van der Waals surface area contributed by atoms with Gasteiger partial charge in [0.2, 0.25) is 5.91 Å². The molecule has 0 spiro atoms. The number of amides is 1. The Bertz CT molecular complexity index is 388. The minimum atomic E-state index is -0.341. The molecular weight excluding hydrogens is 266 g/mol. The van der Waals surface area contributed by atoms with Crippen LogP contribution in [0.25, 0.3) is 0 Å². The van der Waals surface area contributed by atoms with Gasteiger partial charge in [0.1, 0.15) is 6.61 Å². The third-order valence-electron chi connectivity index (χ3n) is 5.66. The summed E-state index contributed by atoms with van der Waals surface area (Å²) in [5, 5.41) is 9.18. The van der Waals surface area contributed by atoms with Gasteiger partial charge in [0.15, 0.2) is 0 Å². The quantitative estimate of drug-likeness (QED) is 0.810. The number of aliphatic hydroxyl groups is 1. The number of aliphatic hydroxyl groups excluding tert-OH is 1. The average Bonchev–Trinajstić information content (AvgIpc) is 2.50. The van der Waals surface area contributed by atoms with Crippen molar-refractivity contribution in [3.63, 3.8) is 0 Å². The highest BCUT2D eigenvalue weighted by atomic mass is 16.3. The molecule has 4 atom stereocenters. The van der Waals surface area contributed by atoms with Crippen molar-refractivity contribution in [2.24, 2.45) is 11.8 Å². The number of fused-ring (bicyclic) bond motifs is 4. The number of hydrogen-bond donors (Lipinski definition) is 1. The van der Waals surface area contributed by atoms with Crippen LogP contribution >= 0.6 is 0 Å². The Morgan fingerprint density at radius 1 is 1.24 bits per heavy atom. The molecule has 0 aromatic carbocycles. The zero-order valence-electron chi connectivity index (χ0n) is 13.4. The summed E-state index contributed by atoms with van der Waals surface area (Å²) in [6.45, 7) is 3.65. The molecule has 3 rings (SSSR count). The van der Waals surface area contributed by atoms with Gasteiger partial charge in [-0.2, -0.15) is 0 Å². The molecule has 0 radical (unpaired) electrons. The van der Waals surface area contributed by atoms with E-state index in [1.165, 1.54) is 32.2 Å². The molecule has 0 aromatic rings. The second-order valence-electron chi connectivity index (χ2n) is 7.34. The number of rotatable bonds is 3. The summed E-state index contributed by atoms with van der Waals surface area (Å²) < 4.78 is 0. The fourth-order valence-corrected chi connectivity index (χ4v) is 4.84. The van der Waals surface area contributed by atoms with Crippen LogP contribution in [-0.2, 0) is 4.79 Å². The standard InChI is InChI=1S/C16H29N3O2/c1-17(2)10-15-13-7-12(8-18(9-13)16(21)11-20)14-5-3-4-6-19(14)15/h12-15,20H,3-11H2,1-2H3/t12-,13+,14+,15+/m1/s1.